The Morgan fingerprint density at radius 2 is 1.71 bits per heavy atom. The van der Waals surface area contributed by atoms with E-state index in [4.69, 9.17) is 4.74 Å². The fourth-order valence-electron chi connectivity index (χ4n) is 5.60. The van der Waals surface area contributed by atoms with Crippen molar-refractivity contribution in [1.82, 2.24) is 9.97 Å². The maximum absolute atomic E-state index is 12.7. The molecule has 0 N–H and O–H groups in total. The molecule has 1 aromatic heterocycles. The van der Waals surface area contributed by atoms with Crippen LogP contribution in [0.25, 0.3) is 0 Å². The molecule has 0 aromatic carbocycles. The number of aromatic nitrogens is 2. The smallest absolute Gasteiger partial charge is 0.243 e. The van der Waals surface area contributed by atoms with Gasteiger partial charge < -0.3 is 4.74 Å². The number of ether oxygens (including phenoxy) is 1. The molecule has 0 radical (unpaired) electrons. The molecule has 0 aliphatic heterocycles. The molecule has 1 heterocycles. The molecule has 0 spiro atoms. The number of carbonyl (C=O) groups is 1. The van der Waals surface area contributed by atoms with E-state index < -0.39 is 0 Å². The van der Waals surface area contributed by atoms with Crippen molar-refractivity contribution >= 4 is 5.78 Å². The van der Waals surface area contributed by atoms with Crippen LogP contribution in [0.15, 0.2) is 12.4 Å². The van der Waals surface area contributed by atoms with E-state index in [0.29, 0.717) is 18.0 Å². The Hall–Kier alpha value is -1.45. The Labute approximate surface area is 125 Å². The summed E-state index contributed by atoms with van der Waals surface area (Å²) in [5, 5.41) is 0. The monoisotopic (exact) mass is 286 g/mol. The summed E-state index contributed by atoms with van der Waals surface area (Å²) >= 11 is 0. The largest absolute Gasteiger partial charge is 0.479 e. The molecule has 5 rings (SSSR count). The van der Waals surface area contributed by atoms with Crippen LogP contribution in [0.3, 0.4) is 0 Å². The third-order valence-corrected chi connectivity index (χ3v) is 5.82. The topological polar surface area (TPSA) is 52.1 Å². The van der Waals surface area contributed by atoms with E-state index in [1.165, 1.54) is 38.5 Å². The molecule has 0 atom stereocenters. The van der Waals surface area contributed by atoms with E-state index >= 15 is 0 Å². The van der Waals surface area contributed by atoms with Crippen LogP contribution in [-0.4, -0.2) is 22.9 Å². The summed E-state index contributed by atoms with van der Waals surface area (Å²) in [6.45, 7) is 0. The summed E-state index contributed by atoms with van der Waals surface area (Å²) in [5.74, 6) is 3.09. The van der Waals surface area contributed by atoms with Crippen LogP contribution in [0.4, 0.5) is 0 Å². The molecule has 112 valence electrons. The van der Waals surface area contributed by atoms with Gasteiger partial charge in [0.25, 0.3) is 0 Å². The zero-order chi connectivity index (χ0) is 14.4. The quantitative estimate of drug-likeness (QED) is 0.797. The number of ketones is 1. The lowest BCUT2D eigenvalue weighted by Gasteiger charge is -2.56. The molecule has 4 bridgehead atoms. The summed E-state index contributed by atoms with van der Waals surface area (Å²) in [5.41, 5.74) is 0.657. The van der Waals surface area contributed by atoms with Crippen molar-refractivity contribution < 1.29 is 9.53 Å². The van der Waals surface area contributed by atoms with Gasteiger partial charge in [0.1, 0.15) is 0 Å². The highest BCUT2D eigenvalue weighted by atomic mass is 16.5. The molecule has 4 heteroatoms. The van der Waals surface area contributed by atoms with E-state index in [1.807, 2.05) is 0 Å². The van der Waals surface area contributed by atoms with Gasteiger partial charge in [0.15, 0.2) is 11.5 Å². The Morgan fingerprint density at radius 1 is 1.14 bits per heavy atom. The van der Waals surface area contributed by atoms with Gasteiger partial charge in [-0.15, -0.1) is 0 Å². The molecule has 1 aromatic rings. The summed E-state index contributed by atoms with van der Waals surface area (Å²) < 4.78 is 5.19. The first-order valence-electron chi connectivity index (χ1n) is 8.06. The summed E-state index contributed by atoms with van der Waals surface area (Å²) in [6.07, 6.45) is 11.7. The molecule has 4 aliphatic carbocycles. The van der Waals surface area contributed by atoms with E-state index in [9.17, 15) is 4.79 Å². The maximum atomic E-state index is 12.7. The normalized spacial score (nSPS) is 36.7. The van der Waals surface area contributed by atoms with Gasteiger partial charge in [0.2, 0.25) is 5.88 Å². The summed E-state index contributed by atoms with van der Waals surface area (Å²) in [4.78, 5) is 21.0. The van der Waals surface area contributed by atoms with Crippen LogP contribution in [-0.2, 0) is 0 Å². The first-order valence-corrected chi connectivity index (χ1v) is 8.06. The van der Waals surface area contributed by atoms with Crippen molar-refractivity contribution in [2.75, 3.05) is 7.11 Å². The number of Topliss-reactive ketones (excluding diaryl/α,β-unsaturated/α-hetero) is 1. The van der Waals surface area contributed by atoms with Crippen molar-refractivity contribution in [2.45, 2.75) is 44.9 Å². The molecule has 0 saturated heterocycles. The molecule has 21 heavy (non-hydrogen) atoms. The maximum Gasteiger partial charge on any atom is 0.243 e. The van der Waals surface area contributed by atoms with Gasteiger partial charge in [0.05, 0.1) is 7.11 Å². The van der Waals surface area contributed by atoms with Crippen molar-refractivity contribution in [3.63, 3.8) is 0 Å². The first-order chi connectivity index (χ1) is 10.2. The summed E-state index contributed by atoms with van der Waals surface area (Å²) in [7, 11) is 1.55. The third kappa shape index (κ3) is 2.25. The molecular weight excluding hydrogens is 264 g/mol. The zero-order valence-electron chi connectivity index (χ0n) is 12.5. The third-order valence-electron chi connectivity index (χ3n) is 5.82. The van der Waals surface area contributed by atoms with Gasteiger partial charge in [-0.25, -0.2) is 9.97 Å². The van der Waals surface area contributed by atoms with Gasteiger partial charge in [0, 0.05) is 18.8 Å². The minimum atomic E-state index is 0.113. The van der Waals surface area contributed by atoms with E-state index in [1.54, 1.807) is 19.5 Å². The van der Waals surface area contributed by atoms with Crippen LogP contribution in [0.2, 0.25) is 0 Å². The number of hydrogen-bond donors (Lipinski definition) is 0. The van der Waals surface area contributed by atoms with Crippen molar-refractivity contribution in [3.8, 4) is 5.88 Å². The number of methoxy groups -OCH3 is 1. The van der Waals surface area contributed by atoms with Crippen molar-refractivity contribution in [2.24, 2.45) is 23.2 Å². The minimum Gasteiger partial charge on any atom is -0.479 e. The van der Waals surface area contributed by atoms with E-state index in [0.717, 1.165) is 17.8 Å². The van der Waals surface area contributed by atoms with Gasteiger partial charge in [-0.3, -0.25) is 4.79 Å². The molecule has 4 fully saturated rings. The highest BCUT2D eigenvalue weighted by molar-refractivity contribution is 5.96. The van der Waals surface area contributed by atoms with Crippen molar-refractivity contribution in [3.05, 3.63) is 18.1 Å². The van der Waals surface area contributed by atoms with Crippen LogP contribution in [0.5, 0.6) is 5.88 Å². The second-order valence-corrected chi connectivity index (χ2v) is 7.43. The fourth-order valence-corrected chi connectivity index (χ4v) is 5.60. The van der Waals surface area contributed by atoms with Gasteiger partial charge in [-0.1, -0.05) is 0 Å². The number of carbonyl (C=O) groups excluding carboxylic acids is 1. The number of hydrogen-bond acceptors (Lipinski definition) is 4. The van der Waals surface area contributed by atoms with Gasteiger partial charge in [-0.2, -0.15) is 0 Å². The van der Waals surface area contributed by atoms with Gasteiger partial charge in [-0.05, 0) is 61.7 Å². The fraction of sp³-hybridized carbons (Fsp3) is 0.706. The average Bonchev–Trinajstić information content (AvgIpc) is 2.45. The molecule has 0 amide bonds. The standard InChI is InChI=1S/C17H22N2O2/c1-21-16-15(18-2-3-19-16)14(20)10-17-7-11-4-12(8-17)6-13(5-11)9-17/h2-3,11-13H,4-10H2,1H3. The molecule has 4 saturated carbocycles. The number of nitrogens with zero attached hydrogens (tertiary/aromatic N) is 2. The second-order valence-electron chi connectivity index (χ2n) is 7.43. The lowest BCUT2D eigenvalue weighted by molar-refractivity contribution is -0.0525. The Kier molecular flexibility index (Phi) is 3.02. The Morgan fingerprint density at radius 3 is 2.29 bits per heavy atom. The molecular formula is C17H22N2O2. The average molecular weight is 286 g/mol. The van der Waals surface area contributed by atoms with Crippen LogP contribution < -0.4 is 4.74 Å². The zero-order valence-corrected chi connectivity index (χ0v) is 12.5. The summed E-state index contributed by atoms with van der Waals surface area (Å²) in [6, 6.07) is 0. The molecule has 4 nitrogen and oxygen atoms in total. The van der Waals surface area contributed by atoms with Gasteiger partial charge >= 0.3 is 0 Å². The van der Waals surface area contributed by atoms with E-state index in [2.05, 4.69) is 9.97 Å². The first kappa shape index (κ1) is 13.2. The van der Waals surface area contributed by atoms with E-state index in [-0.39, 0.29) is 11.2 Å². The Bertz CT molecular complexity index is 534. The minimum absolute atomic E-state index is 0.113. The highest BCUT2D eigenvalue weighted by Crippen LogP contribution is 2.61. The predicted octanol–water partition coefficient (Wildman–Crippen LogP) is 3.27. The molecule has 4 aliphatic rings. The second kappa shape index (κ2) is 4.79. The number of rotatable bonds is 4. The van der Waals surface area contributed by atoms with Crippen LogP contribution in [0.1, 0.15) is 55.4 Å². The van der Waals surface area contributed by atoms with Crippen molar-refractivity contribution in [1.29, 1.82) is 0 Å². The van der Waals surface area contributed by atoms with Crippen LogP contribution in [0, 0.1) is 23.2 Å². The van der Waals surface area contributed by atoms with Crippen LogP contribution >= 0.6 is 0 Å². The highest BCUT2D eigenvalue weighted by Gasteiger charge is 2.51. The Balaban J connectivity index is 1.57. The lowest BCUT2D eigenvalue weighted by atomic mass is 9.48. The lowest BCUT2D eigenvalue weighted by Crippen LogP contribution is -2.46. The predicted molar refractivity (Wildman–Crippen MR) is 78.1 cm³/mol. The molecule has 0 unspecified atom stereocenters. The SMILES string of the molecule is COc1nccnc1C(=O)CC12CC3CC(CC(C3)C1)C2.